The molecule has 1 heterocycles. The van der Waals surface area contributed by atoms with Crippen LogP contribution >= 0.6 is 0 Å². The molecule has 0 N–H and O–H groups in total. The number of nitrogens with zero attached hydrogens (tertiary/aromatic N) is 1. The fraction of sp³-hybridized carbons (Fsp3) is 0.300. The first-order valence-electron chi connectivity index (χ1n) is 4.24. The van der Waals surface area contributed by atoms with E-state index in [1.807, 2.05) is 6.92 Å². The molecule has 76 valence electrons. The van der Waals surface area contributed by atoms with E-state index < -0.39 is 11.4 Å². The van der Waals surface area contributed by atoms with Gasteiger partial charge in [0.25, 0.3) is 5.56 Å². The van der Waals surface area contributed by atoms with Crippen LogP contribution in [0, 0.1) is 5.82 Å². The minimum Gasteiger partial charge on any atom is -0.494 e. The van der Waals surface area contributed by atoms with Crippen LogP contribution in [0.5, 0.6) is 0 Å². The maximum atomic E-state index is 13.0. The Morgan fingerprint density at radius 2 is 2.36 bits per heavy atom. The maximum absolute atomic E-state index is 13.0. The molecule has 14 heavy (non-hydrogen) atoms. The smallest absolute Gasteiger partial charge is 0.286 e. The largest absolute Gasteiger partial charge is 0.494 e. The summed E-state index contributed by atoms with van der Waals surface area (Å²) in [7, 11) is 1.48. The Morgan fingerprint density at radius 3 is 2.86 bits per heavy atom. The molecule has 0 fully saturated rings. The number of hydrogen-bond acceptors (Lipinski definition) is 2. The number of pyridine rings is 1. The molecule has 0 amide bonds. The van der Waals surface area contributed by atoms with E-state index >= 15 is 0 Å². The topological polar surface area (TPSA) is 31.2 Å². The Kier molecular flexibility index (Phi) is 3.06. The predicted octanol–water partition coefficient (Wildman–Crippen LogP) is 1.53. The summed E-state index contributed by atoms with van der Waals surface area (Å²) in [6, 6.07) is 1.13. The van der Waals surface area contributed by atoms with Gasteiger partial charge in [0, 0.05) is 18.8 Å². The van der Waals surface area contributed by atoms with E-state index in [9.17, 15) is 9.18 Å². The minimum atomic E-state index is -0.800. The van der Waals surface area contributed by atoms with E-state index in [2.05, 4.69) is 6.58 Å². The molecule has 0 radical (unpaired) electrons. The summed E-state index contributed by atoms with van der Waals surface area (Å²) < 4.78 is 19.3. The molecule has 0 saturated carbocycles. The molecule has 0 atom stereocenters. The number of aromatic nitrogens is 1. The van der Waals surface area contributed by atoms with Crippen molar-refractivity contribution in [1.29, 1.82) is 0 Å². The van der Waals surface area contributed by atoms with Crippen molar-refractivity contribution in [3.05, 3.63) is 40.6 Å². The van der Waals surface area contributed by atoms with Gasteiger partial charge in [0.15, 0.2) is 5.82 Å². The van der Waals surface area contributed by atoms with Crippen molar-refractivity contribution in [2.75, 3.05) is 6.61 Å². The summed E-state index contributed by atoms with van der Waals surface area (Å²) in [6.07, 6.45) is 1.49. The van der Waals surface area contributed by atoms with Crippen LogP contribution in [0.2, 0.25) is 0 Å². The van der Waals surface area contributed by atoms with E-state index in [4.69, 9.17) is 4.74 Å². The minimum absolute atomic E-state index is 0.363. The van der Waals surface area contributed by atoms with E-state index in [-0.39, 0.29) is 0 Å². The number of hydrogen-bond donors (Lipinski definition) is 0. The highest BCUT2D eigenvalue weighted by Gasteiger charge is 2.06. The van der Waals surface area contributed by atoms with Crippen LogP contribution in [0.25, 0.3) is 5.76 Å². The molecule has 0 aromatic carbocycles. The monoisotopic (exact) mass is 197 g/mol. The van der Waals surface area contributed by atoms with Crippen molar-refractivity contribution in [2.45, 2.75) is 6.92 Å². The van der Waals surface area contributed by atoms with Crippen LogP contribution in [0.15, 0.2) is 23.6 Å². The molecule has 1 aromatic heterocycles. The zero-order valence-electron chi connectivity index (χ0n) is 8.21. The summed E-state index contributed by atoms with van der Waals surface area (Å²) in [5.74, 6) is -0.437. The molecule has 0 spiro atoms. The van der Waals surface area contributed by atoms with Gasteiger partial charge >= 0.3 is 0 Å². The number of aryl methyl sites for hydroxylation is 1. The first kappa shape index (κ1) is 10.5. The molecular formula is C10H12FNO2. The Balaban J connectivity index is 3.13. The molecule has 1 aromatic rings. The number of rotatable bonds is 3. The fourth-order valence-electron chi connectivity index (χ4n) is 1.08. The van der Waals surface area contributed by atoms with E-state index in [1.54, 1.807) is 0 Å². The Morgan fingerprint density at radius 1 is 1.71 bits per heavy atom. The van der Waals surface area contributed by atoms with Crippen LogP contribution in [-0.2, 0) is 11.8 Å². The number of ether oxygens (including phenoxy) is 1. The molecule has 0 saturated heterocycles. The standard InChI is InChI=1S/C10H12FNO2/c1-4-14-7(2)8-5-9(11)10(13)12(3)6-8/h5-6H,2,4H2,1,3H3. The molecule has 0 aliphatic rings. The van der Waals surface area contributed by atoms with Gasteiger partial charge in [-0.3, -0.25) is 4.79 Å². The van der Waals surface area contributed by atoms with E-state index in [1.165, 1.54) is 13.2 Å². The molecule has 0 aliphatic heterocycles. The van der Waals surface area contributed by atoms with E-state index in [0.29, 0.717) is 17.9 Å². The van der Waals surface area contributed by atoms with Gasteiger partial charge in [-0.05, 0) is 13.0 Å². The molecule has 1 rings (SSSR count). The van der Waals surface area contributed by atoms with Crippen molar-refractivity contribution >= 4 is 5.76 Å². The third-order valence-electron chi connectivity index (χ3n) is 1.78. The SMILES string of the molecule is C=C(OCC)c1cc(F)c(=O)n(C)c1. The second-order valence-corrected chi connectivity index (χ2v) is 2.85. The van der Waals surface area contributed by atoms with Crippen molar-refractivity contribution in [3.63, 3.8) is 0 Å². The lowest BCUT2D eigenvalue weighted by molar-refractivity contribution is 0.298. The van der Waals surface area contributed by atoms with Gasteiger partial charge in [-0.15, -0.1) is 0 Å². The van der Waals surface area contributed by atoms with Crippen LogP contribution < -0.4 is 5.56 Å². The fourth-order valence-corrected chi connectivity index (χ4v) is 1.08. The van der Waals surface area contributed by atoms with E-state index in [0.717, 1.165) is 10.6 Å². The van der Waals surface area contributed by atoms with Gasteiger partial charge in [-0.25, -0.2) is 4.39 Å². The Bertz CT molecular complexity index is 383. The molecule has 0 bridgehead atoms. The predicted molar refractivity (Wildman–Crippen MR) is 52.3 cm³/mol. The third-order valence-corrected chi connectivity index (χ3v) is 1.78. The van der Waals surface area contributed by atoms with Gasteiger partial charge in [-0.1, -0.05) is 6.58 Å². The average Bonchev–Trinajstić information content (AvgIpc) is 2.13. The summed E-state index contributed by atoms with van der Waals surface area (Å²) in [6.45, 7) is 5.89. The maximum Gasteiger partial charge on any atom is 0.286 e. The molecule has 0 unspecified atom stereocenters. The first-order chi connectivity index (χ1) is 6.56. The number of halogens is 1. The normalized spacial score (nSPS) is 9.93. The van der Waals surface area contributed by atoms with Crippen LogP contribution in [0.4, 0.5) is 4.39 Å². The molecule has 0 aliphatic carbocycles. The van der Waals surface area contributed by atoms with Crippen LogP contribution in [0.1, 0.15) is 12.5 Å². The lowest BCUT2D eigenvalue weighted by Crippen LogP contribution is -2.20. The van der Waals surface area contributed by atoms with Gasteiger partial charge < -0.3 is 9.30 Å². The zero-order chi connectivity index (χ0) is 10.7. The molecule has 3 nitrogen and oxygen atoms in total. The lowest BCUT2D eigenvalue weighted by Gasteiger charge is -2.08. The van der Waals surface area contributed by atoms with Crippen molar-refractivity contribution in [2.24, 2.45) is 7.05 Å². The van der Waals surface area contributed by atoms with Crippen molar-refractivity contribution in [1.82, 2.24) is 4.57 Å². The Hall–Kier alpha value is -1.58. The van der Waals surface area contributed by atoms with Crippen LogP contribution in [-0.4, -0.2) is 11.2 Å². The summed E-state index contributed by atoms with van der Waals surface area (Å²) in [5, 5.41) is 0. The zero-order valence-corrected chi connectivity index (χ0v) is 8.21. The quantitative estimate of drug-likeness (QED) is 0.688. The van der Waals surface area contributed by atoms with Gasteiger partial charge in [-0.2, -0.15) is 0 Å². The van der Waals surface area contributed by atoms with Crippen molar-refractivity contribution in [3.8, 4) is 0 Å². The van der Waals surface area contributed by atoms with Gasteiger partial charge in [0.05, 0.1) is 6.61 Å². The van der Waals surface area contributed by atoms with Crippen LogP contribution in [0.3, 0.4) is 0 Å². The summed E-state index contributed by atoms with van der Waals surface area (Å²) in [4.78, 5) is 11.0. The second-order valence-electron chi connectivity index (χ2n) is 2.85. The highest BCUT2D eigenvalue weighted by Crippen LogP contribution is 2.12. The van der Waals surface area contributed by atoms with Crippen molar-refractivity contribution < 1.29 is 9.13 Å². The Labute approximate surface area is 81.4 Å². The lowest BCUT2D eigenvalue weighted by atomic mass is 10.2. The molecule has 4 heteroatoms. The highest BCUT2D eigenvalue weighted by molar-refractivity contribution is 5.56. The van der Waals surface area contributed by atoms with Gasteiger partial charge in [0.2, 0.25) is 0 Å². The highest BCUT2D eigenvalue weighted by atomic mass is 19.1. The molecular weight excluding hydrogens is 185 g/mol. The second kappa shape index (κ2) is 4.09. The summed E-state index contributed by atoms with van der Waals surface area (Å²) in [5.41, 5.74) is -0.176. The first-order valence-corrected chi connectivity index (χ1v) is 4.24. The van der Waals surface area contributed by atoms with Gasteiger partial charge in [0.1, 0.15) is 5.76 Å². The third kappa shape index (κ3) is 2.02. The average molecular weight is 197 g/mol. The summed E-state index contributed by atoms with van der Waals surface area (Å²) >= 11 is 0.